The summed E-state index contributed by atoms with van der Waals surface area (Å²) in [5, 5.41) is 22.8. The molecule has 1 atom stereocenters. The van der Waals surface area contributed by atoms with Gasteiger partial charge >= 0.3 is 0 Å². The van der Waals surface area contributed by atoms with E-state index in [2.05, 4.69) is 10.3 Å². The van der Waals surface area contributed by atoms with Crippen molar-refractivity contribution in [2.24, 2.45) is 0 Å². The quantitative estimate of drug-likeness (QED) is 0.500. The zero-order chi connectivity index (χ0) is 12.7. The highest BCUT2D eigenvalue weighted by Gasteiger charge is 2.25. The van der Waals surface area contributed by atoms with E-state index >= 15 is 0 Å². The van der Waals surface area contributed by atoms with E-state index in [0.29, 0.717) is 5.13 Å². The molecule has 1 unspecified atom stereocenters. The number of benzene rings is 1. The minimum absolute atomic E-state index is 0. The van der Waals surface area contributed by atoms with Crippen LogP contribution in [0.1, 0.15) is 22.1 Å². The molecule has 0 aliphatic carbocycles. The Balaban J connectivity index is 0.00000133. The molecule has 7 N–H and O–H groups in total. The molecule has 21 heavy (non-hydrogen) atoms. The summed E-state index contributed by atoms with van der Waals surface area (Å²) in [6.07, 6.45) is 0. The van der Waals surface area contributed by atoms with Gasteiger partial charge in [0, 0.05) is 23.9 Å². The minimum Gasteiger partial charge on any atom is -0.504 e. The molecule has 1 aromatic carbocycles. The fraction of sp³-hybridized carbons (Fsp3) is 0.250. The van der Waals surface area contributed by atoms with Crippen LogP contribution in [0.15, 0.2) is 18.2 Å². The second kappa shape index (κ2) is 7.95. The molecule has 0 bridgehead atoms. The molecule has 1 aromatic heterocycles. The number of phenols is 2. The number of hydrogen-bond donors (Lipinski definition) is 4. The first-order valence-corrected chi connectivity index (χ1v) is 6.44. The number of nitrogens with one attached hydrogen (secondary N) is 1. The predicted molar refractivity (Wildman–Crippen MR) is 94.1 cm³/mol. The Bertz CT molecular complexity index is 609. The van der Waals surface area contributed by atoms with E-state index in [-0.39, 0.29) is 56.9 Å². The molecular weight excluding hydrogens is 426 g/mol. The highest BCUT2D eigenvalue weighted by atomic mass is 79.9. The molecule has 2 aromatic rings. The largest absolute Gasteiger partial charge is 0.504 e. The molecule has 9 heteroatoms. The van der Waals surface area contributed by atoms with E-state index in [1.807, 2.05) is 6.07 Å². The number of nitrogens with zero attached hydrogens (tertiary/aromatic N) is 1. The Morgan fingerprint density at radius 1 is 1.24 bits per heavy atom. The lowest BCUT2D eigenvalue weighted by Crippen LogP contribution is -2.27. The van der Waals surface area contributed by atoms with Crippen LogP contribution < -0.4 is 11.1 Å². The third-order valence-electron chi connectivity index (χ3n) is 3.10. The first-order valence-electron chi connectivity index (χ1n) is 5.63. The Morgan fingerprint density at radius 2 is 1.95 bits per heavy atom. The molecule has 0 saturated carbocycles. The zero-order valence-electron chi connectivity index (χ0n) is 10.9. The van der Waals surface area contributed by atoms with E-state index < -0.39 is 0 Å². The van der Waals surface area contributed by atoms with Crippen LogP contribution in [0.4, 0.5) is 5.13 Å². The van der Waals surface area contributed by atoms with Crippen LogP contribution in [-0.4, -0.2) is 27.2 Å². The highest BCUT2D eigenvalue weighted by molar-refractivity contribution is 8.93. The summed E-state index contributed by atoms with van der Waals surface area (Å²) in [6.45, 7) is 1.50. The van der Waals surface area contributed by atoms with Crippen LogP contribution in [-0.2, 0) is 6.54 Å². The van der Waals surface area contributed by atoms with Crippen molar-refractivity contribution in [1.82, 2.24) is 10.3 Å². The van der Waals surface area contributed by atoms with E-state index in [1.165, 1.54) is 17.4 Å². The molecule has 0 spiro atoms. The number of aromatic nitrogens is 1. The number of halogens is 2. The van der Waals surface area contributed by atoms with Gasteiger partial charge in [-0.05, 0) is 17.7 Å². The summed E-state index contributed by atoms with van der Waals surface area (Å²) in [6, 6.07) is 4.91. The van der Waals surface area contributed by atoms with Gasteiger partial charge in [-0.15, -0.1) is 45.3 Å². The normalized spacial score (nSPS) is 15.9. The summed E-state index contributed by atoms with van der Waals surface area (Å²) in [5.74, 6) is -0.0845. The van der Waals surface area contributed by atoms with Crippen molar-refractivity contribution in [3.63, 3.8) is 0 Å². The molecule has 118 valence electrons. The summed E-state index contributed by atoms with van der Waals surface area (Å²) < 4.78 is 0. The fourth-order valence-corrected chi connectivity index (χ4v) is 3.21. The lowest BCUT2D eigenvalue weighted by molar-refractivity contribution is 0.402. The molecule has 0 saturated heterocycles. The van der Waals surface area contributed by atoms with Gasteiger partial charge in [0.25, 0.3) is 0 Å². The Labute approximate surface area is 146 Å². The van der Waals surface area contributed by atoms with Gasteiger partial charge < -0.3 is 26.7 Å². The number of thiazole rings is 1. The minimum atomic E-state index is -0.105. The number of fused-ring (bicyclic) bond motifs is 1. The smallest absolute Gasteiger partial charge is 0.180 e. The van der Waals surface area contributed by atoms with E-state index in [0.717, 1.165) is 29.2 Å². The number of nitrogens with two attached hydrogens (primary N) is 1. The summed E-state index contributed by atoms with van der Waals surface area (Å²) in [5.41, 5.74) is 7.66. The molecule has 6 nitrogen and oxygen atoms in total. The van der Waals surface area contributed by atoms with E-state index in [4.69, 9.17) is 5.73 Å². The third kappa shape index (κ3) is 3.86. The van der Waals surface area contributed by atoms with Crippen LogP contribution in [0, 0.1) is 0 Å². The summed E-state index contributed by atoms with van der Waals surface area (Å²) in [4.78, 5) is 5.42. The maximum atomic E-state index is 9.58. The van der Waals surface area contributed by atoms with E-state index in [9.17, 15) is 10.2 Å². The SMILES string of the molecule is Br.Br.Nc1nc2c(s1)C(c1ccc(O)c(O)c1)CNC2.O. The van der Waals surface area contributed by atoms with Crippen molar-refractivity contribution in [3.8, 4) is 11.5 Å². The van der Waals surface area contributed by atoms with Gasteiger partial charge in [-0.2, -0.15) is 0 Å². The maximum Gasteiger partial charge on any atom is 0.180 e. The van der Waals surface area contributed by atoms with Gasteiger partial charge in [0.2, 0.25) is 0 Å². The number of nitrogen functional groups attached to an aromatic ring is 1. The lowest BCUT2D eigenvalue weighted by Gasteiger charge is -2.22. The Kier molecular flexibility index (Phi) is 7.62. The number of anilines is 1. The van der Waals surface area contributed by atoms with Crippen LogP contribution >= 0.6 is 45.3 Å². The van der Waals surface area contributed by atoms with Gasteiger partial charge in [-0.1, -0.05) is 6.07 Å². The number of rotatable bonds is 1. The standard InChI is InChI=1S/C12H13N3O2S.2BrH.H2O/c13-12-15-8-5-14-4-7(11(8)18-12)6-1-2-9(16)10(17)3-6;;;/h1-3,7,14,16-17H,4-5H2,(H2,13,15);2*1H;1H2. The third-order valence-corrected chi connectivity index (χ3v) is 4.14. The molecule has 0 amide bonds. The first-order chi connectivity index (χ1) is 8.65. The van der Waals surface area contributed by atoms with Crippen molar-refractivity contribution >= 4 is 50.4 Å². The second-order valence-corrected chi connectivity index (χ2v) is 5.36. The summed E-state index contributed by atoms with van der Waals surface area (Å²) >= 11 is 1.49. The molecule has 1 aliphatic heterocycles. The average Bonchev–Trinajstić information content (AvgIpc) is 2.72. The van der Waals surface area contributed by atoms with Crippen molar-refractivity contribution in [3.05, 3.63) is 34.3 Å². The number of phenolic OH excluding ortho intramolecular Hbond substituents is 2. The highest BCUT2D eigenvalue weighted by Crippen LogP contribution is 2.37. The van der Waals surface area contributed by atoms with Crippen LogP contribution in [0.5, 0.6) is 11.5 Å². The van der Waals surface area contributed by atoms with Crippen LogP contribution in [0.2, 0.25) is 0 Å². The lowest BCUT2D eigenvalue weighted by atomic mass is 9.93. The van der Waals surface area contributed by atoms with Crippen molar-refractivity contribution in [2.45, 2.75) is 12.5 Å². The first kappa shape index (κ1) is 20.1. The van der Waals surface area contributed by atoms with Crippen LogP contribution in [0.25, 0.3) is 0 Å². The maximum absolute atomic E-state index is 9.58. The van der Waals surface area contributed by atoms with Gasteiger partial charge in [0.15, 0.2) is 16.6 Å². The topological polar surface area (TPSA) is 123 Å². The second-order valence-electron chi connectivity index (χ2n) is 4.29. The molecule has 0 radical (unpaired) electrons. The van der Waals surface area contributed by atoms with Crippen LogP contribution in [0.3, 0.4) is 0 Å². The van der Waals surface area contributed by atoms with Crippen molar-refractivity contribution in [2.75, 3.05) is 12.3 Å². The van der Waals surface area contributed by atoms with Crippen molar-refractivity contribution in [1.29, 1.82) is 0 Å². The van der Waals surface area contributed by atoms with E-state index in [1.54, 1.807) is 6.07 Å². The summed E-state index contributed by atoms with van der Waals surface area (Å²) in [7, 11) is 0. The zero-order valence-corrected chi connectivity index (χ0v) is 15.1. The number of hydrogen-bond acceptors (Lipinski definition) is 6. The molecule has 2 heterocycles. The molecule has 0 fully saturated rings. The van der Waals surface area contributed by atoms with Gasteiger partial charge in [-0.25, -0.2) is 4.98 Å². The van der Waals surface area contributed by atoms with Gasteiger partial charge in [0.1, 0.15) is 0 Å². The van der Waals surface area contributed by atoms with Gasteiger partial charge in [-0.3, -0.25) is 0 Å². The molecular formula is C12H17Br2N3O3S. The van der Waals surface area contributed by atoms with Crippen molar-refractivity contribution < 1.29 is 15.7 Å². The number of aromatic hydroxyl groups is 2. The average molecular weight is 443 g/mol. The Hall–Kier alpha value is -0.870. The predicted octanol–water partition coefficient (Wildman–Crippen LogP) is 1.70. The molecule has 3 rings (SSSR count). The monoisotopic (exact) mass is 441 g/mol. The fourth-order valence-electron chi connectivity index (χ4n) is 2.24. The Morgan fingerprint density at radius 3 is 2.62 bits per heavy atom. The van der Waals surface area contributed by atoms with Gasteiger partial charge in [0.05, 0.1) is 5.69 Å². The molecule has 1 aliphatic rings.